The number of ether oxygens (including phenoxy) is 2. The zero-order valence-corrected chi connectivity index (χ0v) is 20.5. The van der Waals surface area contributed by atoms with Crippen molar-refractivity contribution in [3.05, 3.63) is 82.5 Å². The van der Waals surface area contributed by atoms with Gasteiger partial charge in [0, 0.05) is 33.8 Å². The number of carboxylic acid groups (broad SMARTS) is 1. The second-order valence-electron chi connectivity index (χ2n) is 8.61. The minimum atomic E-state index is -4.92. The molecule has 2 aromatic heterocycles. The Bertz CT molecular complexity index is 1510. The number of hydrogen-bond acceptors (Lipinski definition) is 5. The molecule has 0 fully saturated rings. The molecule has 0 saturated heterocycles. The highest BCUT2D eigenvalue weighted by atomic mass is 35.5. The van der Waals surface area contributed by atoms with E-state index in [-0.39, 0.29) is 28.6 Å². The third-order valence-corrected chi connectivity index (χ3v) is 5.81. The summed E-state index contributed by atoms with van der Waals surface area (Å²) in [4.78, 5) is 29.4. The summed E-state index contributed by atoms with van der Waals surface area (Å²) in [5.74, 6) is -1.91. The van der Waals surface area contributed by atoms with Crippen molar-refractivity contribution in [1.82, 2.24) is 9.55 Å². The van der Waals surface area contributed by atoms with Crippen LogP contribution in [-0.2, 0) is 4.79 Å². The van der Waals surface area contributed by atoms with Gasteiger partial charge in [-0.2, -0.15) is 4.98 Å². The Morgan fingerprint density at radius 3 is 2.30 bits per heavy atom. The van der Waals surface area contributed by atoms with Gasteiger partial charge in [-0.25, -0.2) is 4.79 Å². The van der Waals surface area contributed by atoms with Crippen LogP contribution in [0.2, 0.25) is 5.02 Å². The van der Waals surface area contributed by atoms with Gasteiger partial charge in [0.1, 0.15) is 11.6 Å². The highest BCUT2D eigenvalue weighted by Gasteiger charge is 2.32. The van der Waals surface area contributed by atoms with Gasteiger partial charge < -0.3 is 14.6 Å². The molecule has 192 valence electrons. The molecule has 37 heavy (non-hydrogen) atoms. The maximum absolute atomic E-state index is 13.5. The zero-order chi connectivity index (χ0) is 27.1. The summed E-state index contributed by atoms with van der Waals surface area (Å²) in [5, 5.41) is 10.2. The highest BCUT2D eigenvalue weighted by Crippen LogP contribution is 2.35. The monoisotopic (exact) mass is 532 g/mol. The molecule has 0 unspecified atom stereocenters. The van der Waals surface area contributed by atoms with Gasteiger partial charge in [0.05, 0.1) is 11.1 Å². The fourth-order valence-corrected chi connectivity index (χ4v) is 3.94. The number of carbonyl (C=O) groups is 2. The van der Waals surface area contributed by atoms with Crippen LogP contribution < -0.4 is 9.47 Å². The van der Waals surface area contributed by atoms with Gasteiger partial charge >= 0.3 is 12.3 Å². The lowest BCUT2D eigenvalue weighted by Gasteiger charge is -2.21. The van der Waals surface area contributed by atoms with Crippen molar-refractivity contribution < 1.29 is 37.3 Å². The summed E-state index contributed by atoms with van der Waals surface area (Å²) < 4.78 is 49.9. The minimum Gasteiger partial charge on any atom is -0.478 e. The van der Waals surface area contributed by atoms with E-state index in [1.807, 2.05) is 0 Å². The third kappa shape index (κ3) is 5.39. The molecule has 0 saturated carbocycles. The lowest BCUT2D eigenvalue weighted by Crippen LogP contribution is -2.38. The molecule has 4 rings (SSSR count). The molecular formula is C26H20ClF3N2O5. The molecule has 0 bridgehead atoms. The summed E-state index contributed by atoms with van der Waals surface area (Å²) in [6, 6.07) is 14.4. The molecule has 7 nitrogen and oxygen atoms in total. The zero-order valence-electron chi connectivity index (χ0n) is 19.8. The van der Waals surface area contributed by atoms with Gasteiger partial charge in [-0.05, 0) is 63.2 Å². The molecule has 2 heterocycles. The normalized spacial score (nSPS) is 12.0. The average molecular weight is 533 g/mol. The van der Waals surface area contributed by atoms with Gasteiger partial charge in [-0.3, -0.25) is 9.36 Å². The smallest absolute Gasteiger partial charge is 0.478 e. The summed E-state index contributed by atoms with van der Waals surface area (Å²) in [6.07, 6.45) is -4.92. The quantitative estimate of drug-likeness (QED) is 0.279. The van der Waals surface area contributed by atoms with E-state index in [1.54, 1.807) is 43.3 Å². The van der Waals surface area contributed by atoms with E-state index < -0.39 is 23.7 Å². The van der Waals surface area contributed by atoms with Crippen molar-refractivity contribution in [2.75, 3.05) is 0 Å². The van der Waals surface area contributed by atoms with Gasteiger partial charge in [-0.1, -0.05) is 17.7 Å². The highest BCUT2D eigenvalue weighted by molar-refractivity contribution is 6.30. The van der Waals surface area contributed by atoms with Crippen molar-refractivity contribution in [3.8, 4) is 17.4 Å². The number of pyridine rings is 1. The second-order valence-corrected chi connectivity index (χ2v) is 9.05. The van der Waals surface area contributed by atoms with Crippen LogP contribution in [0.15, 0.2) is 60.7 Å². The van der Waals surface area contributed by atoms with Crippen molar-refractivity contribution in [3.63, 3.8) is 0 Å². The maximum atomic E-state index is 13.5. The van der Waals surface area contributed by atoms with Crippen LogP contribution in [-0.4, -0.2) is 38.4 Å². The topological polar surface area (TPSA) is 90.7 Å². The van der Waals surface area contributed by atoms with Crippen LogP contribution >= 0.6 is 11.6 Å². The van der Waals surface area contributed by atoms with E-state index in [0.29, 0.717) is 21.7 Å². The summed E-state index contributed by atoms with van der Waals surface area (Å²) in [6.45, 7) is 4.33. The predicted octanol–water partition coefficient (Wildman–Crippen LogP) is 6.36. The Kier molecular flexibility index (Phi) is 6.64. The Labute approximate surface area is 214 Å². The molecule has 0 atom stereocenters. The largest absolute Gasteiger partial charge is 0.573 e. The molecule has 11 heteroatoms. The summed E-state index contributed by atoms with van der Waals surface area (Å²) >= 11 is 5.95. The number of hydrogen-bond donors (Lipinski definition) is 1. The first-order chi connectivity index (χ1) is 17.3. The average Bonchev–Trinajstić information content (AvgIpc) is 3.08. The summed E-state index contributed by atoms with van der Waals surface area (Å²) in [7, 11) is 0. The first-order valence-electron chi connectivity index (χ1n) is 10.9. The van der Waals surface area contributed by atoms with Crippen molar-refractivity contribution in [2.45, 2.75) is 32.7 Å². The molecule has 0 spiro atoms. The van der Waals surface area contributed by atoms with Gasteiger partial charge in [0.15, 0.2) is 5.78 Å². The van der Waals surface area contributed by atoms with Crippen LogP contribution in [0.5, 0.6) is 11.6 Å². The SMILES string of the molecule is Cc1c(C(=O)c2ccc(Cl)cc2)c2ccc(OC(F)(F)F)cc2n1-c1cccc(OC(C)(C)C(=O)O)n1. The standard InChI is InChI=1S/C26H20ClF3N2O5/c1-14-22(23(33)15-7-9-16(27)10-8-15)18-12-11-17(36-26(28,29)30)13-19(18)32(14)20-5-4-6-21(31-20)37-25(2,3)24(34)35/h4-13H,1-3H3,(H,34,35). The van der Waals surface area contributed by atoms with Crippen LogP contribution in [0.1, 0.15) is 35.5 Å². The number of carbonyl (C=O) groups excluding carboxylic acids is 1. The van der Waals surface area contributed by atoms with Crippen LogP contribution in [0.3, 0.4) is 0 Å². The van der Waals surface area contributed by atoms with E-state index in [1.165, 1.54) is 30.5 Å². The van der Waals surface area contributed by atoms with Crippen molar-refractivity contribution in [2.24, 2.45) is 0 Å². The Hall–Kier alpha value is -4.05. The molecule has 0 aliphatic rings. The number of alkyl halides is 3. The molecule has 0 radical (unpaired) electrons. The van der Waals surface area contributed by atoms with Crippen LogP contribution in [0.25, 0.3) is 16.7 Å². The first kappa shape index (κ1) is 26.0. The molecule has 4 aromatic rings. The fraction of sp³-hybridized carbons (Fsp3) is 0.192. The molecule has 0 amide bonds. The second kappa shape index (κ2) is 9.44. The number of aromatic nitrogens is 2. The molecular weight excluding hydrogens is 513 g/mol. The van der Waals surface area contributed by atoms with Gasteiger partial charge in [0.25, 0.3) is 0 Å². The third-order valence-electron chi connectivity index (χ3n) is 5.56. The summed E-state index contributed by atoms with van der Waals surface area (Å²) in [5.41, 5.74) is -0.409. The Balaban J connectivity index is 1.92. The van der Waals surface area contributed by atoms with E-state index in [4.69, 9.17) is 16.3 Å². The first-order valence-corrected chi connectivity index (χ1v) is 11.3. The molecule has 0 aliphatic carbocycles. The van der Waals surface area contributed by atoms with Crippen LogP contribution in [0, 0.1) is 6.92 Å². The number of aliphatic carboxylic acids is 1. The number of carboxylic acids is 1. The lowest BCUT2D eigenvalue weighted by molar-refractivity contribution is -0.274. The number of benzene rings is 2. The number of fused-ring (bicyclic) bond motifs is 1. The van der Waals surface area contributed by atoms with E-state index in [9.17, 15) is 27.9 Å². The molecule has 1 N–H and O–H groups in total. The van der Waals surface area contributed by atoms with E-state index >= 15 is 0 Å². The van der Waals surface area contributed by atoms with Crippen molar-refractivity contribution >= 4 is 34.3 Å². The number of halogens is 4. The van der Waals surface area contributed by atoms with Gasteiger partial charge in [0.2, 0.25) is 11.5 Å². The van der Waals surface area contributed by atoms with Gasteiger partial charge in [-0.15, -0.1) is 13.2 Å². The number of nitrogens with zero attached hydrogens (tertiary/aromatic N) is 2. The Morgan fingerprint density at radius 2 is 1.68 bits per heavy atom. The molecule has 2 aromatic carbocycles. The number of rotatable bonds is 7. The number of ketones is 1. The van der Waals surface area contributed by atoms with Crippen LogP contribution in [0.4, 0.5) is 13.2 Å². The lowest BCUT2D eigenvalue weighted by atomic mass is 10.0. The van der Waals surface area contributed by atoms with E-state index in [0.717, 1.165) is 12.1 Å². The van der Waals surface area contributed by atoms with E-state index in [2.05, 4.69) is 9.72 Å². The Morgan fingerprint density at radius 1 is 1.00 bits per heavy atom. The maximum Gasteiger partial charge on any atom is 0.573 e. The predicted molar refractivity (Wildman–Crippen MR) is 130 cm³/mol. The minimum absolute atomic E-state index is 0.0283. The fourth-order valence-electron chi connectivity index (χ4n) is 3.81. The molecule has 0 aliphatic heterocycles. The van der Waals surface area contributed by atoms with Crippen molar-refractivity contribution in [1.29, 1.82) is 0 Å².